The van der Waals surface area contributed by atoms with Crippen LogP contribution in [0.5, 0.6) is 11.5 Å². The molecule has 116 valence electrons. The molecule has 1 amide bonds. The van der Waals surface area contributed by atoms with Gasteiger partial charge in [0.05, 0.1) is 29.1 Å². The van der Waals surface area contributed by atoms with Crippen LogP contribution < -0.4 is 10.2 Å². The van der Waals surface area contributed by atoms with Gasteiger partial charge in [0, 0.05) is 0 Å². The average Bonchev–Trinajstić information content (AvgIpc) is 2.90. The highest BCUT2D eigenvalue weighted by Gasteiger charge is 2.11. The van der Waals surface area contributed by atoms with Gasteiger partial charge in [-0.05, 0) is 53.5 Å². The van der Waals surface area contributed by atoms with E-state index in [9.17, 15) is 9.90 Å². The molecule has 2 aromatic rings. The second-order valence-corrected chi connectivity index (χ2v) is 5.23. The third-order valence-corrected chi connectivity index (χ3v) is 3.44. The molecule has 0 spiro atoms. The molecule has 0 radical (unpaired) electrons. The van der Waals surface area contributed by atoms with Gasteiger partial charge in [-0.15, -0.1) is 0 Å². The number of hydrogen-bond acceptors (Lipinski definition) is 5. The Hall–Kier alpha value is -2.28. The lowest BCUT2D eigenvalue weighted by Gasteiger charge is -2.08. The zero-order valence-corrected chi connectivity index (χ0v) is 13.7. The van der Waals surface area contributed by atoms with Crippen LogP contribution in [0.25, 0.3) is 0 Å². The maximum atomic E-state index is 11.8. The Kier molecular flexibility index (Phi) is 5.21. The average molecular weight is 367 g/mol. The summed E-state index contributed by atoms with van der Waals surface area (Å²) >= 11 is 3.24. The Bertz CT molecular complexity index is 710. The van der Waals surface area contributed by atoms with Crippen molar-refractivity contribution in [1.29, 1.82) is 0 Å². The molecule has 0 aliphatic rings. The van der Waals surface area contributed by atoms with Gasteiger partial charge in [-0.2, -0.15) is 5.10 Å². The molecule has 0 unspecified atom stereocenters. The zero-order chi connectivity index (χ0) is 16.1. The smallest absolute Gasteiger partial charge is 0.274 e. The van der Waals surface area contributed by atoms with E-state index in [1.165, 1.54) is 12.5 Å². The van der Waals surface area contributed by atoms with Crippen LogP contribution >= 0.6 is 15.9 Å². The Morgan fingerprint density at radius 2 is 2.32 bits per heavy atom. The first-order valence-electron chi connectivity index (χ1n) is 6.55. The molecule has 1 heterocycles. The summed E-state index contributed by atoms with van der Waals surface area (Å²) in [4.78, 5) is 11.8. The number of nitrogens with zero attached hydrogens (tertiary/aromatic N) is 1. The van der Waals surface area contributed by atoms with Crippen molar-refractivity contribution < 1.29 is 19.1 Å². The van der Waals surface area contributed by atoms with E-state index in [0.717, 1.165) is 0 Å². The molecule has 7 heteroatoms. The summed E-state index contributed by atoms with van der Waals surface area (Å²) in [5, 5.41) is 13.7. The molecule has 2 N–H and O–H groups in total. The predicted molar refractivity (Wildman–Crippen MR) is 85.5 cm³/mol. The highest BCUT2D eigenvalue weighted by atomic mass is 79.9. The fourth-order valence-electron chi connectivity index (χ4n) is 1.78. The van der Waals surface area contributed by atoms with Gasteiger partial charge < -0.3 is 14.3 Å². The molecule has 0 aliphatic carbocycles. The van der Waals surface area contributed by atoms with E-state index in [0.29, 0.717) is 33.7 Å². The highest BCUT2D eigenvalue weighted by molar-refractivity contribution is 9.10. The topological polar surface area (TPSA) is 84.1 Å². The minimum Gasteiger partial charge on any atom is -0.503 e. The van der Waals surface area contributed by atoms with Crippen molar-refractivity contribution in [2.75, 3.05) is 6.61 Å². The van der Waals surface area contributed by atoms with E-state index in [2.05, 4.69) is 26.5 Å². The van der Waals surface area contributed by atoms with Gasteiger partial charge in [-0.1, -0.05) is 0 Å². The number of rotatable bonds is 5. The normalized spacial score (nSPS) is 10.9. The number of halogens is 1. The molecule has 0 saturated heterocycles. The summed E-state index contributed by atoms with van der Waals surface area (Å²) in [6, 6.07) is 4.86. The maximum absolute atomic E-state index is 11.8. The number of furan rings is 1. The van der Waals surface area contributed by atoms with Gasteiger partial charge in [-0.3, -0.25) is 4.79 Å². The number of phenols is 1. The summed E-state index contributed by atoms with van der Waals surface area (Å²) in [5.41, 5.74) is 3.51. The standard InChI is InChI=1S/C15H15BrN2O4/c1-3-21-13-7-10(6-12(16)14(13)19)8-17-18-15(20)11-4-5-22-9(11)2/h4-8,19H,3H2,1-2H3,(H,18,20). The number of aryl methyl sites for hydroxylation is 1. The number of carbonyl (C=O) groups is 1. The molecule has 0 bridgehead atoms. The third kappa shape index (κ3) is 3.67. The molecule has 1 aromatic heterocycles. The summed E-state index contributed by atoms with van der Waals surface area (Å²) in [5.74, 6) is 0.538. The summed E-state index contributed by atoms with van der Waals surface area (Å²) in [6.45, 7) is 3.95. The monoisotopic (exact) mass is 366 g/mol. The number of phenolic OH excluding ortho intramolecular Hbond substituents is 1. The molecule has 0 aliphatic heterocycles. The molecule has 0 saturated carbocycles. The van der Waals surface area contributed by atoms with Crippen LogP contribution in [0.2, 0.25) is 0 Å². The van der Waals surface area contributed by atoms with Crippen molar-refractivity contribution in [3.05, 3.63) is 45.8 Å². The minimum absolute atomic E-state index is 0.0251. The fourth-order valence-corrected chi connectivity index (χ4v) is 2.24. The third-order valence-electron chi connectivity index (χ3n) is 2.83. The minimum atomic E-state index is -0.356. The quantitative estimate of drug-likeness (QED) is 0.628. The number of amides is 1. The van der Waals surface area contributed by atoms with Crippen molar-refractivity contribution >= 4 is 28.1 Å². The molecule has 2 rings (SSSR count). The molecule has 0 atom stereocenters. The number of aromatic hydroxyl groups is 1. The fraction of sp³-hybridized carbons (Fsp3) is 0.200. The van der Waals surface area contributed by atoms with Crippen LogP contribution in [0.4, 0.5) is 0 Å². The largest absolute Gasteiger partial charge is 0.503 e. The number of hydrazone groups is 1. The lowest BCUT2D eigenvalue weighted by Crippen LogP contribution is -2.17. The zero-order valence-electron chi connectivity index (χ0n) is 12.1. The Morgan fingerprint density at radius 3 is 2.95 bits per heavy atom. The summed E-state index contributed by atoms with van der Waals surface area (Å²) in [7, 11) is 0. The van der Waals surface area contributed by atoms with Gasteiger partial charge >= 0.3 is 0 Å². The van der Waals surface area contributed by atoms with Crippen LogP contribution in [0.15, 0.2) is 38.5 Å². The van der Waals surface area contributed by atoms with E-state index in [1.54, 1.807) is 25.1 Å². The Labute approximate surface area is 135 Å². The van der Waals surface area contributed by atoms with Gasteiger partial charge in [0.1, 0.15) is 5.76 Å². The van der Waals surface area contributed by atoms with Crippen LogP contribution in [-0.4, -0.2) is 23.8 Å². The van der Waals surface area contributed by atoms with Crippen molar-refractivity contribution in [1.82, 2.24) is 5.43 Å². The lowest BCUT2D eigenvalue weighted by atomic mass is 10.2. The number of ether oxygens (including phenoxy) is 1. The van der Waals surface area contributed by atoms with Crippen LogP contribution in [0.1, 0.15) is 28.6 Å². The second kappa shape index (κ2) is 7.13. The first-order chi connectivity index (χ1) is 10.5. The van der Waals surface area contributed by atoms with E-state index >= 15 is 0 Å². The van der Waals surface area contributed by atoms with Gasteiger partial charge in [0.25, 0.3) is 5.91 Å². The van der Waals surface area contributed by atoms with Crippen molar-refractivity contribution in [3.8, 4) is 11.5 Å². The summed E-state index contributed by atoms with van der Waals surface area (Å²) in [6.07, 6.45) is 2.90. The van der Waals surface area contributed by atoms with Gasteiger partial charge in [0.2, 0.25) is 0 Å². The van der Waals surface area contributed by atoms with Crippen molar-refractivity contribution in [3.63, 3.8) is 0 Å². The Balaban J connectivity index is 2.10. The second-order valence-electron chi connectivity index (χ2n) is 4.37. The molecular weight excluding hydrogens is 352 g/mol. The maximum Gasteiger partial charge on any atom is 0.274 e. The molecular formula is C15H15BrN2O4. The Morgan fingerprint density at radius 1 is 1.55 bits per heavy atom. The first-order valence-corrected chi connectivity index (χ1v) is 7.35. The van der Waals surface area contributed by atoms with Crippen molar-refractivity contribution in [2.24, 2.45) is 5.10 Å². The van der Waals surface area contributed by atoms with E-state index in [4.69, 9.17) is 9.15 Å². The predicted octanol–water partition coefficient (Wildman–Crippen LogP) is 3.22. The summed E-state index contributed by atoms with van der Waals surface area (Å²) < 4.78 is 10.9. The number of nitrogens with one attached hydrogen (secondary N) is 1. The van der Waals surface area contributed by atoms with Crippen LogP contribution in [0.3, 0.4) is 0 Å². The molecule has 6 nitrogen and oxygen atoms in total. The van der Waals surface area contributed by atoms with E-state index in [-0.39, 0.29) is 11.7 Å². The van der Waals surface area contributed by atoms with Gasteiger partial charge in [-0.25, -0.2) is 5.43 Å². The molecule has 0 fully saturated rings. The van der Waals surface area contributed by atoms with E-state index in [1.807, 2.05) is 6.92 Å². The number of hydrogen-bond donors (Lipinski definition) is 2. The van der Waals surface area contributed by atoms with Crippen molar-refractivity contribution in [2.45, 2.75) is 13.8 Å². The molecule has 1 aromatic carbocycles. The number of benzene rings is 1. The van der Waals surface area contributed by atoms with Gasteiger partial charge in [0.15, 0.2) is 11.5 Å². The molecule has 22 heavy (non-hydrogen) atoms. The highest BCUT2D eigenvalue weighted by Crippen LogP contribution is 2.34. The van der Waals surface area contributed by atoms with Crippen LogP contribution in [0, 0.1) is 6.92 Å². The lowest BCUT2D eigenvalue weighted by molar-refractivity contribution is 0.0953. The van der Waals surface area contributed by atoms with E-state index < -0.39 is 0 Å². The SMILES string of the molecule is CCOc1cc(C=NNC(=O)c2ccoc2C)cc(Br)c1O. The van der Waals surface area contributed by atoms with Crippen LogP contribution in [-0.2, 0) is 0 Å². The number of carbonyl (C=O) groups excluding carboxylic acids is 1. The first kappa shape index (κ1) is 16.1.